The van der Waals surface area contributed by atoms with Crippen LogP contribution < -0.4 is 0 Å². The molecule has 0 bridgehead atoms. The van der Waals surface area contributed by atoms with Crippen LogP contribution in [0.2, 0.25) is 0 Å². The van der Waals surface area contributed by atoms with Gasteiger partial charge in [0.05, 0.1) is 13.2 Å². The number of carboxylic acids is 1. The second-order valence-electron chi connectivity index (χ2n) is 2.65. The molecule has 1 fully saturated rings. The fourth-order valence-electron chi connectivity index (χ4n) is 1.09. The van der Waals surface area contributed by atoms with Gasteiger partial charge in [0.15, 0.2) is 0 Å². The van der Waals surface area contributed by atoms with Gasteiger partial charge in [-0.3, -0.25) is 4.90 Å². The summed E-state index contributed by atoms with van der Waals surface area (Å²) >= 11 is 0. The molecule has 0 atom stereocenters. The van der Waals surface area contributed by atoms with Gasteiger partial charge >= 0.3 is 5.97 Å². The second kappa shape index (κ2) is 6.88. The van der Waals surface area contributed by atoms with E-state index < -0.39 is 5.97 Å². The number of carboxylic acid groups (broad SMARTS) is 1. The van der Waals surface area contributed by atoms with E-state index in [4.69, 9.17) is 9.84 Å². The van der Waals surface area contributed by atoms with Gasteiger partial charge in [0, 0.05) is 25.7 Å². The number of rotatable bonds is 3. The molecule has 1 aliphatic rings. The van der Waals surface area contributed by atoms with Gasteiger partial charge in [-0.05, 0) is 0 Å². The van der Waals surface area contributed by atoms with E-state index in [1.54, 1.807) is 6.08 Å². The Balaban J connectivity index is 0.00000144. The maximum absolute atomic E-state index is 10.1. The highest BCUT2D eigenvalue weighted by Gasteiger charge is 2.07. The molecule has 0 aromatic carbocycles. The van der Waals surface area contributed by atoms with Crippen molar-refractivity contribution in [3.8, 4) is 0 Å². The first-order valence-electron chi connectivity index (χ1n) is 3.98. The molecule has 76 valence electrons. The normalized spacial score (nSPS) is 18.5. The smallest absolute Gasteiger partial charge is 0.328 e. The average molecular weight is 208 g/mol. The van der Waals surface area contributed by atoms with E-state index in [1.165, 1.54) is 6.08 Å². The molecule has 0 radical (unpaired) electrons. The topological polar surface area (TPSA) is 49.8 Å². The number of hydrogen-bond acceptors (Lipinski definition) is 3. The van der Waals surface area contributed by atoms with Gasteiger partial charge in [0.2, 0.25) is 0 Å². The zero-order chi connectivity index (χ0) is 8.81. The van der Waals surface area contributed by atoms with Crippen molar-refractivity contribution in [2.45, 2.75) is 0 Å². The van der Waals surface area contributed by atoms with Crippen molar-refractivity contribution in [3.05, 3.63) is 12.2 Å². The molecule has 1 heterocycles. The Morgan fingerprint density at radius 3 is 2.62 bits per heavy atom. The van der Waals surface area contributed by atoms with Crippen molar-refractivity contribution >= 4 is 18.4 Å². The first-order chi connectivity index (χ1) is 5.79. The molecular weight excluding hydrogens is 194 g/mol. The third kappa shape index (κ3) is 5.63. The molecular formula is C8H14ClNO3. The summed E-state index contributed by atoms with van der Waals surface area (Å²) < 4.78 is 5.15. The Morgan fingerprint density at radius 1 is 1.46 bits per heavy atom. The van der Waals surface area contributed by atoms with Crippen LogP contribution in [0, 0.1) is 0 Å². The van der Waals surface area contributed by atoms with E-state index in [2.05, 4.69) is 4.90 Å². The first kappa shape index (κ1) is 12.4. The third-order valence-electron chi connectivity index (χ3n) is 1.73. The zero-order valence-corrected chi connectivity index (χ0v) is 8.13. The highest BCUT2D eigenvalue weighted by molar-refractivity contribution is 5.85. The van der Waals surface area contributed by atoms with Crippen LogP contribution in [0.15, 0.2) is 12.2 Å². The molecule has 1 rings (SSSR count). The van der Waals surface area contributed by atoms with Crippen LogP contribution in [-0.2, 0) is 9.53 Å². The molecule has 0 spiro atoms. The maximum atomic E-state index is 10.1. The lowest BCUT2D eigenvalue weighted by Crippen LogP contribution is -2.36. The van der Waals surface area contributed by atoms with Gasteiger partial charge in [-0.2, -0.15) is 0 Å². The summed E-state index contributed by atoms with van der Waals surface area (Å²) in [5.41, 5.74) is 0. The van der Waals surface area contributed by atoms with Crippen LogP contribution in [0.5, 0.6) is 0 Å². The van der Waals surface area contributed by atoms with Crippen LogP contribution in [0.3, 0.4) is 0 Å². The monoisotopic (exact) mass is 207 g/mol. The SMILES string of the molecule is Cl.O=C(O)C=CCN1CCOCC1. The lowest BCUT2D eigenvalue weighted by molar-refractivity contribution is -0.131. The number of ether oxygens (including phenoxy) is 1. The Hall–Kier alpha value is -0.580. The Labute approximate surface area is 83.6 Å². The third-order valence-corrected chi connectivity index (χ3v) is 1.73. The van der Waals surface area contributed by atoms with Crippen LogP contribution in [0.25, 0.3) is 0 Å². The van der Waals surface area contributed by atoms with Crippen molar-refractivity contribution in [1.82, 2.24) is 4.90 Å². The number of halogens is 1. The van der Waals surface area contributed by atoms with Crippen LogP contribution in [-0.4, -0.2) is 48.8 Å². The van der Waals surface area contributed by atoms with E-state index in [0.717, 1.165) is 26.3 Å². The molecule has 13 heavy (non-hydrogen) atoms. The summed E-state index contributed by atoms with van der Waals surface area (Å²) in [6, 6.07) is 0. The predicted molar refractivity (Wildman–Crippen MR) is 51.3 cm³/mol. The lowest BCUT2D eigenvalue weighted by Gasteiger charge is -2.24. The van der Waals surface area contributed by atoms with Crippen LogP contribution in [0.1, 0.15) is 0 Å². The number of hydrogen-bond donors (Lipinski definition) is 1. The molecule has 0 saturated carbocycles. The van der Waals surface area contributed by atoms with Gasteiger partial charge in [0.25, 0.3) is 0 Å². The molecule has 1 saturated heterocycles. The molecule has 0 amide bonds. The van der Waals surface area contributed by atoms with E-state index in [0.29, 0.717) is 6.54 Å². The molecule has 1 N–H and O–H groups in total. The molecule has 4 nitrogen and oxygen atoms in total. The van der Waals surface area contributed by atoms with Crippen molar-refractivity contribution in [2.24, 2.45) is 0 Å². The molecule has 5 heteroatoms. The van der Waals surface area contributed by atoms with Gasteiger partial charge in [-0.15, -0.1) is 12.4 Å². The Bertz CT molecular complexity index is 178. The Kier molecular flexibility index (Phi) is 6.58. The van der Waals surface area contributed by atoms with Crippen molar-refractivity contribution in [3.63, 3.8) is 0 Å². The summed E-state index contributed by atoms with van der Waals surface area (Å²) in [6.45, 7) is 3.99. The van der Waals surface area contributed by atoms with Crippen LogP contribution >= 0.6 is 12.4 Å². The van der Waals surface area contributed by atoms with Crippen LogP contribution in [0.4, 0.5) is 0 Å². The zero-order valence-electron chi connectivity index (χ0n) is 7.31. The van der Waals surface area contributed by atoms with Gasteiger partial charge in [0.1, 0.15) is 0 Å². The molecule has 0 aliphatic carbocycles. The molecule has 1 aliphatic heterocycles. The van der Waals surface area contributed by atoms with Gasteiger partial charge in [-0.1, -0.05) is 6.08 Å². The van der Waals surface area contributed by atoms with Gasteiger partial charge < -0.3 is 9.84 Å². The van der Waals surface area contributed by atoms with E-state index in [9.17, 15) is 4.79 Å². The number of carbonyl (C=O) groups is 1. The lowest BCUT2D eigenvalue weighted by atomic mass is 10.4. The average Bonchev–Trinajstić information content (AvgIpc) is 2.05. The minimum absolute atomic E-state index is 0. The van der Waals surface area contributed by atoms with E-state index in [1.807, 2.05) is 0 Å². The molecule has 0 unspecified atom stereocenters. The summed E-state index contributed by atoms with van der Waals surface area (Å²) in [7, 11) is 0. The molecule has 0 aromatic rings. The highest BCUT2D eigenvalue weighted by atomic mass is 35.5. The van der Waals surface area contributed by atoms with Crippen molar-refractivity contribution in [2.75, 3.05) is 32.8 Å². The number of morpholine rings is 1. The minimum atomic E-state index is -0.886. The fourth-order valence-corrected chi connectivity index (χ4v) is 1.09. The number of aliphatic carboxylic acids is 1. The molecule has 0 aromatic heterocycles. The van der Waals surface area contributed by atoms with E-state index in [-0.39, 0.29) is 12.4 Å². The maximum Gasteiger partial charge on any atom is 0.328 e. The summed E-state index contributed by atoms with van der Waals surface area (Å²) in [5, 5.41) is 8.31. The highest BCUT2D eigenvalue weighted by Crippen LogP contribution is 1.95. The fraction of sp³-hybridized carbons (Fsp3) is 0.625. The Morgan fingerprint density at radius 2 is 2.08 bits per heavy atom. The van der Waals surface area contributed by atoms with Crippen molar-refractivity contribution in [1.29, 1.82) is 0 Å². The first-order valence-corrected chi connectivity index (χ1v) is 3.98. The largest absolute Gasteiger partial charge is 0.478 e. The summed E-state index contributed by atoms with van der Waals surface area (Å²) in [5.74, 6) is -0.886. The number of nitrogens with zero attached hydrogens (tertiary/aromatic N) is 1. The second-order valence-corrected chi connectivity index (χ2v) is 2.65. The van der Waals surface area contributed by atoms with Crippen molar-refractivity contribution < 1.29 is 14.6 Å². The summed E-state index contributed by atoms with van der Waals surface area (Å²) in [6.07, 6.45) is 2.84. The van der Waals surface area contributed by atoms with E-state index >= 15 is 0 Å². The summed E-state index contributed by atoms with van der Waals surface area (Å²) in [4.78, 5) is 12.3. The van der Waals surface area contributed by atoms with Gasteiger partial charge in [-0.25, -0.2) is 4.79 Å². The predicted octanol–water partition coefficient (Wildman–Crippen LogP) is 0.381. The standard InChI is InChI=1S/C8H13NO3.ClH/c10-8(11)2-1-3-9-4-6-12-7-5-9;/h1-2H,3-7H2,(H,10,11);1H. The minimum Gasteiger partial charge on any atom is -0.478 e. The quantitative estimate of drug-likeness (QED) is 0.680.